The summed E-state index contributed by atoms with van der Waals surface area (Å²) in [7, 11) is 0. The second-order valence-corrected chi connectivity index (χ2v) is 7.59. The molecule has 0 bridgehead atoms. The number of thiophene rings is 1. The molecular formula is C17H16N6O2S2. The van der Waals surface area contributed by atoms with Crippen molar-refractivity contribution >= 4 is 28.8 Å². The summed E-state index contributed by atoms with van der Waals surface area (Å²) in [6.07, 6.45) is 1.77. The molecule has 4 aromatic rings. The number of aromatic nitrogens is 5. The van der Waals surface area contributed by atoms with Crippen LogP contribution in [0.2, 0.25) is 0 Å². The van der Waals surface area contributed by atoms with E-state index in [1.165, 1.54) is 0 Å². The monoisotopic (exact) mass is 400 g/mol. The van der Waals surface area contributed by atoms with Gasteiger partial charge in [-0.1, -0.05) is 15.7 Å². The van der Waals surface area contributed by atoms with Crippen molar-refractivity contribution in [1.82, 2.24) is 29.8 Å². The van der Waals surface area contributed by atoms with E-state index < -0.39 is 0 Å². The molecule has 0 spiro atoms. The summed E-state index contributed by atoms with van der Waals surface area (Å²) >= 11 is 2.72. The van der Waals surface area contributed by atoms with Gasteiger partial charge in [0.2, 0.25) is 0 Å². The molecule has 0 atom stereocenters. The van der Waals surface area contributed by atoms with Gasteiger partial charge in [0.1, 0.15) is 4.88 Å². The number of hydrogen-bond donors (Lipinski definition) is 1. The number of hydrogen-bond acceptors (Lipinski definition) is 8. The van der Waals surface area contributed by atoms with E-state index in [9.17, 15) is 4.79 Å². The standard InChI is InChI=1S/C17H16N6O2S2/c1-10-8-13(25-21-10)12-9-19-23(15(12)14-4-3-7-26-14)6-5-18-17(24)16-11(2)20-22-27-16/h3-4,7-9H,5-6H2,1-2H3,(H,18,24). The average molecular weight is 400 g/mol. The third-order valence-corrected chi connectivity index (χ3v) is 5.66. The van der Waals surface area contributed by atoms with Gasteiger partial charge in [0.15, 0.2) is 5.76 Å². The Morgan fingerprint density at radius 3 is 2.93 bits per heavy atom. The van der Waals surface area contributed by atoms with Crippen LogP contribution in [0.25, 0.3) is 21.9 Å². The van der Waals surface area contributed by atoms with Crippen LogP contribution in [0.3, 0.4) is 0 Å². The molecular weight excluding hydrogens is 384 g/mol. The van der Waals surface area contributed by atoms with Crippen LogP contribution in [0, 0.1) is 13.8 Å². The third kappa shape index (κ3) is 3.53. The first-order chi connectivity index (χ1) is 13.1. The van der Waals surface area contributed by atoms with Gasteiger partial charge in [0.25, 0.3) is 5.91 Å². The van der Waals surface area contributed by atoms with E-state index in [4.69, 9.17) is 4.52 Å². The highest BCUT2D eigenvalue weighted by atomic mass is 32.1. The van der Waals surface area contributed by atoms with Crippen molar-refractivity contribution in [2.75, 3.05) is 6.54 Å². The minimum absolute atomic E-state index is 0.168. The SMILES string of the molecule is Cc1cc(-c2cnn(CCNC(=O)c3snnc3C)c2-c2cccs2)on1. The van der Waals surface area contributed by atoms with Crippen molar-refractivity contribution in [3.8, 4) is 21.9 Å². The first kappa shape index (κ1) is 17.6. The van der Waals surface area contributed by atoms with Crippen molar-refractivity contribution in [3.05, 3.63) is 46.0 Å². The summed E-state index contributed by atoms with van der Waals surface area (Å²) < 4.78 is 11.1. The summed E-state index contributed by atoms with van der Waals surface area (Å²) in [6.45, 7) is 4.61. The predicted molar refractivity (Wildman–Crippen MR) is 103 cm³/mol. The number of carbonyl (C=O) groups is 1. The largest absolute Gasteiger partial charge is 0.356 e. The van der Waals surface area contributed by atoms with Gasteiger partial charge in [-0.3, -0.25) is 9.48 Å². The lowest BCUT2D eigenvalue weighted by atomic mass is 10.1. The molecule has 0 saturated carbocycles. The zero-order valence-corrected chi connectivity index (χ0v) is 16.3. The Kier molecular flexibility index (Phi) is 4.82. The van der Waals surface area contributed by atoms with E-state index in [-0.39, 0.29) is 5.91 Å². The quantitative estimate of drug-likeness (QED) is 0.534. The highest BCUT2D eigenvalue weighted by molar-refractivity contribution is 7.13. The van der Waals surface area contributed by atoms with Crippen molar-refractivity contribution in [1.29, 1.82) is 0 Å². The van der Waals surface area contributed by atoms with E-state index in [1.807, 2.05) is 35.2 Å². The lowest BCUT2D eigenvalue weighted by molar-refractivity contribution is 0.0955. The molecule has 0 aromatic carbocycles. The molecule has 27 heavy (non-hydrogen) atoms. The molecule has 1 amide bonds. The van der Waals surface area contributed by atoms with Crippen molar-refractivity contribution in [3.63, 3.8) is 0 Å². The molecule has 138 valence electrons. The molecule has 0 unspecified atom stereocenters. The number of amides is 1. The first-order valence-electron chi connectivity index (χ1n) is 8.24. The Hall–Kier alpha value is -2.85. The maximum Gasteiger partial charge on any atom is 0.265 e. The van der Waals surface area contributed by atoms with Gasteiger partial charge in [-0.25, -0.2) is 0 Å². The van der Waals surface area contributed by atoms with Crippen molar-refractivity contribution in [2.45, 2.75) is 20.4 Å². The van der Waals surface area contributed by atoms with Crippen LogP contribution in [0.5, 0.6) is 0 Å². The van der Waals surface area contributed by atoms with Crippen LogP contribution < -0.4 is 5.32 Å². The molecule has 10 heteroatoms. The molecule has 4 aromatic heterocycles. The first-order valence-corrected chi connectivity index (χ1v) is 9.89. The second kappa shape index (κ2) is 7.41. The fourth-order valence-corrected chi connectivity index (χ4v) is 4.06. The van der Waals surface area contributed by atoms with Crippen LogP contribution in [-0.4, -0.2) is 37.0 Å². The molecule has 1 N–H and O–H groups in total. The summed E-state index contributed by atoms with van der Waals surface area (Å²) in [5.74, 6) is 0.510. The van der Waals surface area contributed by atoms with E-state index in [0.29, 0.717) is 29.4 Å². The molecule has 0 aliphatic heterocycles. The number of nitrogens with zero attached hydrogens (tertiary/aromatic N) is 5. The van der Waals surface area contributed by atoms with Gasteiger partial charge in [0, 0.05) is 12.6 Å². The van der Waals surface area contributed by atoms with Crippen LogP contribution in [0.4, 0.5) is 0 Å². The van der Waals surface area contributed by atoms with Gasteiger partial charge in [0.05, 0.1) is 40.3 Å². The lowest BCUT2D eigenvalue weighted by Crippen LogP contribution is -2.27. The molecule has 8 nitrogen and oxygen atoms in total. The lowest BCUT2D eigenvalue weighted by Gasteiger charge is -2.08. The summed E-state index contributed by atoms with van der Waals surface area (Å²) in [5, 5.41) is 17.2. The zero-order chi connectivity index (χ0) is 18.8. The Morgan fingerprint density at radius 2 is 2.26 bits per heavy atom. The fourth-order valence-electron chi connectivity index (χ4n) is 2.69. The fraction of sp³-hybridized carbons (Fsp3) is 0.235. The minimum atomic E-state index is -0.168. The Balaban J connectivity index is 1.55. The molecule has 4 rings (SSSR count). The van der Waals surface area contributed by atoms with E-state index in [1.54, 1.807) is 24.5 Å². The molecule has 0 aliphatic rings. The summed E-state index contributed by atoms with van der Waals surface area (Å²) in [5.41, 5.74) is 3.28. The number of nitrogens with one attached hydrogen (secondary N) is 1. The van der Waals surface area contributed by atoms with Gasteiger partial charge in [-0.15, -0.1) is 16.4 Å². The van der Waals surface area contributed by atoms with Crippen LogP contribution in [0.15, 0.2) is 34.3 Å². The van der Waals surface area contributed by atoms with E-state index >= 15 is 0 Å². The Bertz CT molecular complexity index is 1060. The Labute approximate surface area is 163 Å². The van der Waals surface area contributed by atoms with Crippen molar-refractivity contribution < 1.29 is 9.32 Å². The zero-order valence-electron chi connectivity index (χ0n) is 14.7. The molecule has 0 radical (unpaired) electrons. The predicted octanol–water partition coefficient (Wildman–Crippen LogP) is 3.16. The molecule has 0 fully saturated rings. The molecule has 4 heterocycles. The molecule has 0 saturated heterocycles. The normalized spacial score (nSPS) is 11.0. The molecule has 0 aliphatic carbocycles. The summed E-state index contributed by atoms with van der Waals surface area (Å²) in [4.78, 5) is 13.8. The summed E-state index contributed by atoms with van der Waals surface area (Å²) in [6, 6.07) is 5.92. The van der Waals surface area contributed by atoms with Gasteiger partial charge in [-0.05, 0) is 36.8 Å². The van der Waals surface area contributed by atoms with Crippen LogP contribution >= 0.6 is 22.9 Å². The van der Waals surface area contributed by atoms with E-state index in [2.05, 4.69) is 25.2 Å². The average Bonchev–Trinajstić information content (AvgIpc) is 3.40. The maximum absolute atomic E-state index is 12.2. The van der Waals surface area contributed by atoms with Gasteiger partial charge in [-0.2, -0.15) is 5.10 Å². The third-order valence-electron chi connectivity index (χ3n) is 3.95. The van der Waals surface area contributed by atoms with Crippen LogP contribution in [-0.2, 0) is 6.54 Å². The number of carbonyl (C=O) groups excluding carboxylic acids is 1. The van der Waals surface area contributed by atoms with Gasteiger partial charge < -0.3 is 9.84 Å². The van der Waals surface area contributed by atoms with Gasteiger partial charge >= 0.3 is 0 Å². The number of rotatable bonds is 6. The minimum Gasteiger partial charge on any atom is -0.356 e. The Morgan fingerprint density at radius 1 is 1.37 bits per heavy atom. The number of aryl methyl sites for hydroxylation is 2. The maximum atomic E-state index is 12.2. The topological polar surface area (TPSA) is 98.7 Å². The highest BCUT2D eigenvalue weighted by Crippen LogP contribution is 2.34. The smallest absolute Gasteiger partial charge is 0.265 e. The van der Waals surface area contributed by atoms with E-state index in [0.717, 1.165) is 33.4 Å². The second-order valence-electron chi connectivity index (χ2n) is 5.88. The highest BCUT2D eigenvalue weighted by Gasteiger charge is 2.19. The van der Waals surface area contributed by atoms with Crippen molar-refractivity contribution in [2.24, 2.45) is 0 Å². The van der Waals surface area contributed by atoms with Crippen LogP contribution in [0.1, 0.15) is 21.1 Å².